The van der Waals surface area contributed by atoms with Gasteiger partial charge in [0.15, 0.2) is 11.6 Å². The Morgan fingerprint density at radius 2 is 2.05 bits per heavy atom. The van der Waals surface area contributed by atoms with Gasteiger partial charge in [0, 0.05) is 54.1 Å². The molecular formula is C16H11N5O. The van der Waals surface area contributed by atoms with E-state index < -0.39 is 0 Å². The number of Topliss-reactive ketones (excluding diaryl/α,β-unsaturated/α-hetero) is 1. The SMILES string of the molecule is O=C1CC=Nc2c1ccnc2-n1cc(-c2cccnc2)cn1. The van der Waals surface area contributed by atoms with E-state index in [0.29, 0.717) is 23.5 Å². The van der Waals surface area contributed by atoms with Crippen LogP contribution in [0.5, 0.6) is 0 Å². The minimum absolute atomic E-state index is 0.0493. The standard InChI is InChI=1S/C16H11N5O/c22-14-4-7-18-15-13(14)3-6-19-16(15)21-10-12(9-20-21)11-2-1-5-17-8-11/h1-3,5-10H,4H2. The van der Waals surface area contributed by atoms with Crippen molar-refractivity contribution in [2.75, 3.05) is 0 Å². The second-order valence-electron chi connectivity index (χ2n) is 4.88. The van der Waals surface area contributed by atoms with Crippen LogP contribution in [0, 0.1) is 0 Å². The van der Waals surface area contributed by atoms with Crippen LogP contribution < -0.4 is 0 Å². The van der Waals surface area contributed by atoms with Gasteiger partial charge in [-0.05, 0) is 12.1 Å². The third-order valence-corrected chi connectivity index (χ3v) is 3.50. The molecule has 0 radical (unpaired) electrons. The molecule has 0 fully saturated rings. The van der Waals surface area contributed by atoms with E-state index in [2.05, 4.69) is 20.1 Å². The predicted molar refractivity (Wildman–Crippen MR) is 81.7 cm³/mol. The van der Waals surface area contributed by atoms with E-state index in [1.54, 1.807) is 41.8 Å². The zero-order chi connectivity index (χ0) is 14.9. The van der Waals surface area contributed by atoms with Crippen LogP contribution in [0.4, 0.5) is 5.69 Å². The molecule has 1 aliphatic rings. The lowest BCUT2D eigenvalue weighted by molar-refractivity contribution is 0.100. The second-order valence-corrected chi connectivity index (χ2v) is 4.88. The van der Waals surface area contributed by atoms with Crippen LogP contribution >= 0.6 is 0 Å². The van der Waals surface area contributed by atoms with Gasteiger partial charge in [0.2, 0.25) is 0 Å². The van der Waals surface area contributed by atoms with Crippen molar-refractivity contribution in [3.8, 4) is 16.9 Å². The summed E-state index contributed by atoms with van der Waals surface area (Å²) < 4.78 is 1.64. The van der Waals surface area contributed by atoms with E-state index in [1.807, 2.05) is 18.3 Å². The predicted octanol–water partition coefficient (Wildman–Crippen LogP) is 2.62. The molecular weight excluding hydrogens is 278 g/mol. The van der Waals surface area contributed by atoms with Crippen LogP contribution in [-0.4, -0.2) is 31.7 Å². The highest BCUT2D eigenvalue weighted by Gasteiger charge is 2.19. The zero-order valence-electron chi connectivity index (χ0n) is 11.5. The summed E-state index contributed by atoms with van der Waals surface area (Å²) in [4.78, 5) is 24.7. The average molecular weight is 289 g/mol. The van der Waals surface area contributed by atoms with Crippen molar-refractivity contribution >= 4 is 17.7 Å². The quantitative estimate of drug-likeness (QED) is 0.727. The summed E-state index contributed by atoms with van der Waals surface area (Å²) in [5.74, 6) is 0.602. The van der Waals surface area contributed by atoms with Crippen LogP contribution in [0.15, 0.2) is 54.2 Å². The summed E-state index contributed by atoms with van der Waals surface area (Å²) in [6, 6.07) is 5.53. The number of carbonyl (C=O) groups is 1. The zero-order valence-corrected chi connectivity index (χ0v) is 11.5. The Hall–Kier alpha value is -3.15. The van der Waals surface area contributed by atoms with E-state index >= 15 is 0 Å². The smallest absolute Gasteiger partial charge is 0.180 e. The van der Waals surface area contributed by atoms with Gasteiger partial charge in [-0.3, -0.25) is 14.8 Å². The Bertz CT molecular complexity index is 883. The third kappa shape index (κ3) is 2.01. The average Bonchev–Trinajstić information content (AvgIpc) is 3.05. The number of fused-ring (bicyclic) bond motifs is 1. The molecule has 22 heavy (non-hydrogen) atoms. The van der Waals surface area contributed by atoms with Crippen molar-refractivity contribution in [2.45, 2.75) is 6.42 Å². The van der Waals surface area contributed by atoms with E-state index in [4.69, 9.17) is 0 Å². The maximum Gasteiger partial charge on any atom is 0.180 e. The maximum atomic E-state index is 11.9. The summed E-state index contributed by atoms with van der Waals surface area (Å²) in [6.45, 7) is 0. The van der Waals surface area contributed by atoms with Crippen molar-refractivity contribution in [2.24, 2.45) is 4.99 Å². The molecule has 4 rings (SSSR count). The lowest BCUT2D eigenvalue weighted by atomic mass is 10.1. The molecule has 0 bridgehead atoms. The van der Waals surface area contributed by atoms with Crippen molar-refractivity contribution in [1.82, 2.24) is 19.7 Å². The molecule has 0 unspecified atom stereocenters. The molecule has 4 heterocycles. The largest absolute Gasteiger partial charge is 0.294 e. The first-order chi connectivity index (χ1) is 10.8. The van der Waals surface area contributed by atoms with E-state index in [9.17, 15) is 4.79 Å². The number of rotatable bonds is 2. The van der Waals surface area contributed by atoms with E-state index in [0.717, 1.165) is 11.1 Å². The highest BCUT2D eigenvalue weighted by molar-refractivity contribution is 6.10. The van der Waals surface area contributed by atoms with Gasteiger partial charge < -0.3 is 0 Å². The number of hydrogen-bond acceptors (Lipinski definition) is 5. The molecule has 0 aliphatic carbocycles. The number of ketones is 1. The Labute approximate surface area is 126 Å². The van der Waals surface area contributed by atoms with Crippen LogP contribution in [0.25, 0.3) is 16.9 Å². The molecule has 0 saturated carbocycles. The van der Waals surface area contributed by atoms with E-state index in [-0.39, 0.29) is 5.78 Å². The van der Waals surface area contributed by atoms with Crippen LogP contribution in [-0.2, 0) is 0 Å². The van der Waals surface area contributed by atoms with Crippen molar-refractivity contribution in [3.05, 3.63) is 54.7 Å². The van der Waals surface area contributed by atoms with Crippen molar-refractivity contribution in [1.29, 1.82) is 0 Å². The fraction of sp³-hybridized carbons (Fsp3) is 0.0625. The van der Waals surface area contributed by atoms with Gasteiger partial charge in [-0.1, -0.05) is 6.07 Å². The topological polar surface area (TPSA) is 73.0 Å². The minimum Gasteiger partial charge on any atom is -0.294 e. The monoisotopic (exact) mass is 289 g/mol. The third-order valence-electron chi connectivity index (χ3n) is 3.50. The number of aliphatic imine (C=N–C) groups is 1. The highest BCUT2D eigenvalue weighted by atomic mass is 16.1. The first-order valence-corrected chi connectivity index (χ1v) is 6.83. The number of aromatic nitrogens is 4. The number of carbonyl (C=O) groups excluding carboxylic acids is 1. The molecule has 6 nitrogen and oxygen atoms in total. The van der Waals surface area contributed by atoms with Crippen LogP contribution in [0.3, 0.4) is 0 Å². The number of nitrogens with zero attached hydrogens (tertiary/aromatic N) is 5. The molecule has 3 aromatic heterocycles. The van der Waals surface area contributed by atoms with Crippen molar-refractivity contribution in [3.63, 3.8) is 0 Å². The fourth-order valence-corrected chi connectivity index (χ4v) is 2.41. The van der Waals surface area contributed by atoms with Gasteiger partial charge in [0.05, 0.1) is 6.20 Å². The number of hydrogen-bond donors (Lipinski definition) is 0. The fourth-order valence-electron chi connectivity index (χ4n) is 2.41. The Kier molecular flexibility index (Phi) is 2.86. The summed E-state index contributed by atoms with van der Waals surface area (Å²) in [7, 11) is 0. The summed E-state index contributed by atoms with van der Waals surface area (Å²) in [5.41, 5.74) is 3.06. The van der Waals surface area contributed by atoms with Gasteiger partial charge >= 0.3 is 0 Å². The van der Waals surface area contributed by atoms with Gasteiger partial charge in [-0.25, -0.2) is 9.67 Å². The molecule has 1 aliphatic heterocycles. The Morgan fingerprint density at radius 1 is 1.09 bits per heavy atom. The molecule has 0 amide bonds. The number of pyridine rings is 2. The molecule has 0 atom stereocenters. The molecule has 0 aromatic carbocycles. The maximum absolute atomic E-state index is 11.9. The molecule has 106 valence electrons. The van der Waals surface area contributed by atoms with Gasteiger partial charge in [0.1, 0.15) is 5.69 Å². The van der Waals surface area contributed by atoms with Crippen molar-refractivity contribution < 1.29 is 4.79 Å². The molecule has 0 saturated heterocycles. The summed E-state index contributed by atoms with van der Waals surface area (Å²) in [5, 5.41) is 4.34. The van der Waals surface area contributed by atoms with Crippen LogP contribution in [0.1, 0.15) is 16.8 Å². The minimum atomic E-state index is 0.0493. The van der Waals surface area contributed by atoms with Gasteiger partial charge in [-0.15, -0.1) is 0 Å². The van der Waals surface area contributed by atoms with Crippen LogP contribution in [0.2, 0.25) is 0 Å². The lowest BCUT2D eigenvalue weighted by Gasteiger charge is -2.11. The lowest BCUT2D eigenvalue weighted by Crippen LogP contribution is -2.08. The normalized spacial score (nSPS) is 13.2. The molecule has 0 N–H and O–H groups in total. The van der Waals surface area contributed by atoms with Gasteiger partial charge in [-0.2, -0.15) is 5.10 Å². The summed E-state index contributed by atoms with van der Waals surface area (Å²) in [6.07, 6.45) is 10.6. The molecule has 0 spiro atoms. The van der Waals surface area contributed by atoms with Gasteiger partial charge in [0.25, 0.3) is 0 Å². The second kappa shape index (κ2) is 5.00. The first kappa shape index (κ1) is 12.6. The Morgan fingerprint density at radius 3 is 2.91 bits per heavy atom. The molecule has 3 aromatic rings. The summed E-state index contributed by atoms with van der Waals surface area (Å²) >= 11 is 0. The Balaban J connectivity index is 1.82. The first-order valence-electron chi connectivity index (χ1n) is 6.83. The van der Waals surface area contributed by atoms with E-state index in [1.165, 1.54) is 0 Å². The molecule has 6 heteroatoms. The highest BCUT2D eigenvalue weighted by Crippen LogP contribution is 2.30.